The van der Waals surface area contributed by atoms with E-state index in [0.29, 0.717) is 6.42 Å². The van der Waals surface area contributed by atoms with Gasteiger partial charge in [-0.1, -0.05) is 13.3 Å². The number of piperidine rings is 1. The number of nitrogens with one attached hydrogen (secondary N) is 2. The first-order chi connectivity index (χ1) is 13.2. The van der Waals surface area contributed by atoms with Crippen molar-refractivity contribution in [3.8, 4) is 0 Å². The minimum Gasteiger partial charge on any atom is -0.468 e. The molecule has 2 aliphatic heterocycles. The summed E-state index contributed by atoms with van der Waals surface area (Å²) in [4.78, 5) is 20.7. The molecular weight excluding hydrogens is 469 g/mol. The Kier molecular flexibility index (Phi) is 9.57. The van der Waals surface area contributed by atoms with E-state index in [0.717, 1.165) is 50.9 Å². The van der Waals surface area contributed by atoms with Gasteiger partial charge in [0.05, 0.1) is 12.3 Å². The molecule has 1 aromatic heterocycles. The maximum absolute atomic E-state index is 11.9. The molecule has 28 heavy (non-hydrogen) atoms. The predicted octanol–water partition coefficient (Wildman–Crippen LogP) is 2.60. The highest BCUT2D eigenvalue weighted by molar-refractivity contribution is 14.0. The Hall–Kier alpha value is -1.29. The smallest absolute Gasteiger partial charge is 0.222 e. The molecule has 1 amide bonds. The first kappa shape index (κ1) is 23.0. The maximum Gasteiger partial charge on any atom is 0.222 e. The molecule has 0 aromatic carbocycles. The summed E-state index contributed by atoms with van der Waals surface area (Å²) in [6.07, 6.45) is 7.07. The largest absolute Gasteiger partial charge is 0.468 e. The molecule has 1 aromatic rings. The van der Waals surface area contributed by atoms with E-state index in [1.165, 1.54) is 19.3 Å². The summed E-state index contributed by atoms with van der Waals surface area (Å²) < 4.78 is 5.71. The minimum atomic E-state index is 0. The number of aliphatic imine (C=N–C) groups is 1. The molecule has 0 bridgehead atoms. The number of amides is 1. The van der Waals surface area contributed by atoms with E-state index in [-0.39, 0.29) is 42.0 Å². The number of likely N-dealkylation sites (tertiary alicyclic amines) is 2. The molecule has 3 rings (SSSR count). The van der Waals surface area contributed by atoms with Crippen molar-refractivity contribution in [1.82, 2.24) is 20.4 Å². The SMILES string of the molecule is CCC(=O)N1CCC(NC(=NC)NCC(c2ccco2)N2CCCCC2)C1.I. The molecule has 3 heterocycles. The number of halogens is 1. The Morgan fingerprint density at radius 2 is 2.11 bits per heavy atom. The molecule has 2 N–H and O–H groups in total. The molecule has 2 fully saturated rings. The predicted molar refractivity (Wildman–Crippen MR) is 122 cm³/mol. The van der Waals surface area contributed by atoms with Gasteiger partial charge in [-0.2, -0.15) is 0 Å². The van der Waals surface area contributed by atoms with Crippen LogP contribution < -0.4 is 10.6 Å². The maximum atomic E-state index is 11.9. The summed E-state index contributed by atoms with van der Waals surface area (Å²) in [5.74, 6) is 2.02. The number of furan rings is 1. The number of carbonyl (C=O) groups is 1. The van der Waals surface area contributed by atoms with Gasteiger partial charge in [0.15, 0.2) is 5.96 Å². The van der Waals surface area contributed by atoms with E-state index >= 15 is 0 Å². The third kappa shape index (κ3) is 6.10. The van der Waals surface area contributed by atoms with Crippen molar-refractivity contribution in [3.63, 3.8) is 0 Å². The van der Waals surface area contributed by atoms with Crippen molar-refractivity contribution in [2.75, 3.05) is 39.8 Å². The molecule has 0 saturated carbocycles. The Morgan fingerprint density at radius 1 is 1.32 bits per heavy atom. The third-order valence-corrected chi connectivity index (χ3v) is 5.57. The molecule has 0 spiro atoms. The summed E-state index contributed by atoms with van der Waals surface area (Å²) in [7, 11) is 1.79. The summed E-state index contributed by atoms with van der Waals surface area (Å²) in [5.41, 5.74) is 0. The van der Waals surface area contributed by atoms with Crippen molar-refractivity contribution in [1.29, 1.82) is 0 Å². The normalized spacial score (nSPS) is 21.9. The molecule has 2 atom stereocenters. The fourth-order valence-corrected chi connectivity index (χ4v) is 4.03. The summed E-state index contributed by atoms with van der Waals surface area (Å²) >= 11 is 0. The number of guanidine groups is 1. The molecule has 8 heteroatoms. The van der Waals surface area contributed by atoms with Crippen molar-refractivity contribution >= 4 is 35.8 Å². The lowest BCUT2D eigenvalue weighted by atomic mass is 10.1. The standard InChI is InChI=1S/C20H33N5O2.HI/c1-3-19(26)25-12-9-16(15-25)23-20(21-2)22-14-17(18-8-7-13-27-18)24-10-5-4-6-11-24;/h7-8,13,16-17H,3-6,9-12,14-15H2,1-2H3,(H2,21,22,23);1H. The van der Waals surface area contributed by atoms with E-state index < -0.39 is 0 Å². The fourth-order valence-electron chi connectivity index (χ4n) is 4.03. The van der Waals surface area contributed by atoms with Gasteiger partial charge in [0, 0.05) is 39.1 Å². The fraction of sp³-hybridized carbons (Fsp3) is 0.700. The van der Waals surface area contributed by atoms with Gasteiger partial charge in [0.2, 0.25) is 5.91 Å². The van der Waals surface area contributed by atoms with Gasteiger partial charge in [-0.15, -0.1) is 24.0 Å². The number of carbonyl (C=O) groups excluding carboxylic acids is 1. The molecular formula is C20H34IN5O2. The molecule has 158 valence electrons. The van der Waals surface area contributed by atoms with Gasteiger partial charge in [-0.25, -0.2) is 0 Å². The second-order valence-electron chi connectivity index (χ2n) is 7.40. The van der Waals surface area contributed by atoms with Crippen LogP contribution in [0.15, 0.2) is 27.8 Å². The number of hydrogen-bond acceptors (Lipinski definition) is 4. The highest BCUT2D eigenvalue weighted by Crippen LogP contribution is 2.24. The number of nitrogens with zero attached hydrogens (tertiary/aromatic N) is 3. The second kappa shape index (κ2) is 11.6. The zero-order chi connectivity index (χ0) is 19.1. The Balaban J connectivity index is 0.00000280. The third-order valence-electron chi connectivity index (χ3n) is 5.57. The van der Waals surface area contributed by atoms with Gasteiger partial charge >= 0.3 is 0 Å². The zero-order valence-electron chi connectivity index (χ0n) is 17.0. The Bertz CT molecular complexity index is 616. The second-order valence-corrected chi connectivity index (χ2v) is 7.40. The monoisotopic (exact) mass is 503 g/mol. The lowest BCUT2D eigenvalue weighted by Crippen LogP contribution is -2.48. The van der Waals surface area contributed by atoms with Crippen LogP contribution in [0.25, 0.3) is 0 Å². The van der Waals surface area contributed by atoms with E-state index in [2.05, 4.69) is 26.6 Å². The average Bonchev–Trinajstić information content (AvgIpc) is 3.40. The van der Waals surface area contributed by atoms with Gasteiger partial charge in [-0.3, -0.25) is 14.7 Å². The summed E-state index contributed by atoms with van der Waals surface area (Å²) in [6.45, 7) is 6.45. The highest BCUT2D eigenvalue weighted by atomic mass is 127. The van der Waals surface area contributed by atoms with Crippen molar-refractivity contribution < 1.29 is 9.21 Å². The summed E-state index contributed by atoms with van der Waals surface area (Å²) in [5, 5.41) is 6.95. The van der Waals surface area contributed by atoms with Gasteiger partial charge in [0.1, 0.15) is 5.76 Å². The van der Waals surface area contributed by atoms with Crippen LogP contribution in [0, 0.1) is 0 Å². The van der Waals surface area contributed by atoms with E-state index in [1.54, 1.807) is 13.3 Å². The topological polar surface area (TPSA) is 73.1 Å². The van der Waals surface area contributed by atoms with Crippen LogP contribution in [0.2, 0.25) is 0 Å². The zero-order valence-corrected chi connectivity index (χ0v) is 19.4. The molecule has 7 nitrogen and oxygen atoms in total. The van der Waals surface area contributed by atoms with Crippen LogP contribution in [-0.4, -0.2) is 67.5 Å². The van der Waals surface area contributed by atoms with Crippen LogP contribution >= 0.6 is 24.0 Å². The quantitative estimate of drug-likeness (QED) is 0.355. The van der Waals surface area contributed by atoms with Crippen LogP contribution in [0.3, 0.4) is 0 Å². The molecule has 0 aliphatic carbocycles. The van der Waals surface area contributed by atoms with Gasteiger partial charge in [-0.05, 0) is 44.5 Å². The molecule has 0 radical (unpaired) electrons. The first-order valence-electron chi connectivity index (χ1n) is 10.2. The molecule has 2 saturated heterocycles. The first-order valence-corrected chi connectivity index (χ1v) is 10.2. The van der Waals surface area contributed by atoms with Gasteiger partial charge < -0.3 is 20.0 Å². The van der Waals surface area contributed by atoms with Crippen LogP contribution in [0.5, 0.6) is 0 Å². The highest BCUT2D eigenvalue weighted by Gasteiger charge is 2.27. The van der Waals surface area contributed by atoms with Crippen LogP contribution in [0.4, 0.5) is 0 Å². The van der Waals surface area contributed by atoms with E-state index in [9.17, 15) is 4.79 Å². The Labute approximate surface area is 185 Å². The van der Waals surface area contributed by atoms with Crippen molar-refractivity contribution in [2.24, 2.45) is 4.99 Å². The van der Waals surface area contributed by atoms with Gasteiger partial charge in [0.25, 0.3) is 0 Å². The summed E-state index contributed by atoms with van der Waals surface area (Å²) in [6, 6.07) is 4.48. The van der Waals surface area contributed by atoms with Crippen LogP contribution in [-0.2, 0) is 4.79 Å². The van der Waals surface area contributed by atoms with E-state index in [1.807, 2.05) is 17.9 Å². The lowest BCUT2D eigenvalue weighted by molar-refractivity contribution is -0.129. The van der Waals surface area contributed by atoms with Crippen molar-refractivity contribution in [2.45, 2.75) is 51.1 Å². The lowest BCUT2D eigenvalue weighted by Gasteiger charge is -2.34. The average molecular weight is 503 g/mol. The van der Waals surface area contributed by atoms with Crippen molar-refractivity contribution in [3.05, 3.63) is 24.2 Å². The number of hydrogen-bond donors (Lipinski definition) is 2. The minimum absolute atomic E-state index is 0. The van der Waals surface area contributed by atoms with E-state index in [4.69, 9.17) is 4.42 Å². The molecule has 2 aliphatic rings. The number of rotatable bonds is 6. The molecule has 2 unspecified atom stereocenters. The Morgan fingerprint density at radius 3 is 2.75 bits per heavy atom. The van der Waals surface area contributed by atoms with Crippen LogP contribution in [0.1, 0.15) is 50.8 Å².